The maximum absolute atomic E-state index is 12.4. The summed E-state index contributed by atoms with van der Waals surface area (Å²) in [6.07, 6.45) is 3.60. The molecule has 0 radical (unpaired) electrons. The minimum Gasteiger partial charge on any atom is -0.419 e. The normalized spacial score (nSPS) is 11.7. The first-order valence-electron chi connectivity index (χ1n) is 8.13. The van der Waals surface area contributed by atoms with E-state index < -0.39 is 10.0 Å². The Hall–Kier alpha value is -2.45. The highest BCUT2D eigenvalue weighted by Gasteiger charge is 2.18. The first-order valence-corrected chi connectivity index (χ1v) is 9.61. The van der Waals surface area contributed by atoms with Crippen molar-refractivity contribution in [2.24, 2.45) is 0 Å². The molecule has 0 amide bonds. The molecule has 0 aliphatic carbocycles. The second-order valence-electron chi connectivity index (χ2n) is 5.59. The summed E-state index contributed by atoms with van der Waals surface area (Å²) in [5, 5.41) is 7.77. The number of aryl methyl sites for hydroxylation is 2. The number of hydrogen-bond acceptors (Lipinski definition) is 5. The Labute approximate surface area is 146 Å². The van der Waals surface area contributed by atoms with Crippen LogP contribution in [0.4, 0.5) is 0 Å². The summed E-state index contributed by atoms with van der Waals surface area (Å²) < 4.78 is 32.7. The van der Waals surface area contributed by atoms with Gasteiger partial charge in [0.15, 0.2) is 0 Å². The van der Waals surface area contributed by atoms with Crippen LogP contribution in [0.1, 0.15) is 24.8 Å². The fourth-order valence-electron chi connectivity index (χ4n) is 2.39. The highest BCUT2D eigenvalue weighted by Crippen LogP contribution is 2.20. The third-order valence-electron chi connectivity index (χ3n) is 3.74. The molecule has 0 aliphatic heterocycles. The van der Waals surface area contributed by atoms with E-state index >= 15 is 0 Å². The standard InChI is InChI=1S/C17H20N4O3S/c1-2-16-20-21-17(24-16)15-11-14(12-18-15)25(22,23)19-10-6-9-13-7-4-3-5-8-13/h3-5,7-8,11-12,18-19H,2,6,9-10H2,1H3. The van der Waals surface area contributed by atoms with Crippen molar-refractivity contribution in [3.63, 3.8) is 0 Å². The Balaban J connectivity index is 1.58. The molecule has 0 bridgehead atoms. The molecule has 2 heterocycles. The quantitative estimate of drug-likeness (QED) is 0.601. The van der Waals surface area contributed by atoms with Gasteiger partial charge in [-0.2, -0.15) is 0 Å². The number of nitrogens with one attached hydrogen (secondary N) is 2. The van der Waals surface area contributed by atoms with Crippen LogP contribution < -0.4 is 4.72 Å². The summed E-state index contributed by atoms with van der Waals surface area (Å²) in [7, 11) is -3.57. The molecule has 3 aromatic rings. The average Bonchev–Trinajstić information content (AvgIpc) is 3.28. The van der Waals surface area contributed by atoms with Crippen molar-refractivity contribution in [3.8, 4) is 11.6 Å². The minimum atomic E-state index is -3.57. The summed E-state index contributed by atoms with van der Waals surface area (Å²) in [6, 6.07) is 11.5. The van der Waals surface area contributed by atoms with Crippen molar-refractivity contribution >= 4 is 10.0 Å². The second-order valence-corrected chi connectivity index (χ2v) is 7.36. The van der Waals surface area contributed by atoms with E-state index in [0.717, 1.165) is 12.8 Å². The number of sulfonamides is 1. The fourth-order valence-corrected chi connectivity index (χ4v) is 3.45. The summed E-state index contributed by atoms with van der Waals surface area (Å²) in [6.45, 7) is 2.28. The number of benzene rings is 1. The second kappa shape index (κ2) is 7.62. The van der Waals surface area contributed by atoms with Gasteiger partial charge in [0.2, 0.25) is 15.9 Å². The molecule has 0 aliphatic rings. The molecule has 0 spiro atoms. The molecule has 1 aromatic carbocycles. The van der Waals surface area contributed by atoms with E-state index in [1.165, 1.54) is 17.8 Å². The van der Waals surface area contributed by atoms with E-state index in [4.69, 9.17) is 4.42 Å². The molecule has 7 nitrogen and oxygen atoms in total. The van der Waals surface area contributed by atoms with Crippen LogP contribution in [-0.2, 0) is 22.9 Å². The Morgan fingerprint density at radius 3 is 2.72 bits per heavy atom. The Kier molecular flexibility index (Phi) is 5.30. The lowest BCUT2D eigenvalue weighted by Crippen LogP contribution is -2.24. The Bertz CT molecular complexity index is 916. The maximum Gasteiger partial charge on any atom is 0.264 e. The molecule has 0 saturated carbocycles. The van der Waals surface area contributed by atoms with E-state index in [2.05, 4.69) is 19.9 Å². The van der Waals surface area contributed by atoms with Gasteiger partial charge in [-0.05, 0) is 24.5 Å². The lowest BCUT2D eigenvalue weighted by Gasteiger charge is -2.05. The Morgan fingerprint density at radius 2 is 2.00 bits per heavy atom. The summed E-state index contributed by atoms with van der Waals surface area (Å²) >= 11 is 0. The average molecular weight is 360 g/mol. The van der Waals surface area contributed by atoms with Gasteiger partial charge >= 0.3 is 0 Å². The van der Waals surface area contributed by atoms with Crippen LogP contribution in [0.5, 0.6) is 0 Å². The van der Waals surface area contributed by atoms with Crippen molar-refractivity contribution in [1.82, 2.24) is 19.9 Å². The zero-order valence-electron chi connectivity index (χ0n) is 13.9. The summed E-state index contributed by atoms with van der Waals surface area (Å²) in [5.74, 6) is 0.787. The molecule has 25 heavy (non-hydrogen) atoms. The summed E-state index contributed by atoms with van der Waals surface area (Å²) in [5.41, 5.74) is 1.67. The predicted molar refractivity (Wildman–Crippen MR) is 93.4 cm³/mol. The first kappa shape index (κ1) is 17.4. The topological polar surface area (TPSA) is 101 Å². The largest absolute Gasteiger partial charge is 0.419 e. The van der Waals surface area contributed by atoms with Crippen LogP contribution in [0.15, 0.2) is 51.9 Å². The molecule has 3 rings (SSSR count). The van der Waals surface area contributed by atoms with Crippen LogP contribution in [-0.4, -0.2) is 30.1 Å². The molecule has 0 unspecified atom stereocenters. The lowest BCUT2D eigenvalue weighted by molar-refractivity contribution is 0.511. The van der Waals surface area contributed by atoms with Gasteiger partial charge in [-0.15, -0.1) is 10.2 Å². The molecule has 0 fully saturated rings. The predicted octanol–water partition coefficient (Wildman–Crippen LogP) is 2.54. The van der Waals surface area contributed by atoms with Crippen LogP contribution in [0.2, 0.25) is 0 Å². The molecular formula is C17H20N4O3S. The van der Waals surface area contributed by atoms with Crippen LogP contribution in [0.25, 0.3) is 11.6 Å². The third-order valence-corrected chi connectivity index (χ3v) is 5.18. The van der Waals surface area contributed by atoms with Crippen molar-refractivity contribution in [2.75, 3.05) is 6.54 Å². The van der Waals surface area contributed by atoms with Gasteiger partial charge in [-0.3, -0.25) is 0 Å². The SMILES string of the molecule is CCc1nnc(-c2cc(S(=O)(=O)NCCCc3ccccc3)c[nH]2)o1. The number of H-pyrrole nitrogens is 1. The third kappa shape index (κ3) is 4.34. The summed E-state index contributed by atoms with van der Waals surface area (Å²) in [4.78, 5) is 3.02. The monoisotopic (exact) mass is 360 g/mol. The van der Waals surface area contributed by atoms with Gasteiger partial charge in [0.1, 0.15) is 10.6 Å². The smallest absolute Gasteiger partial charge is 0.264 e. The molecule has 2 N–H and O–H groups in total. The van der Waals surface area contributed by atoms with Crippen LogP contribution in [0, 0.1) is 0 Å². The zero-order valence-corrected chi connectivity index (χ0v) is 14.7. The van der Waals surface area contributed by atoms with Gasteiger partial charge in [-0.25, -0.2) is 13.1 Å². The molecule has 132 valence electrons. The maximum atomic E-state index is 12.4. The number of hydrogen-bond donors (Lipinski definition) is 2. The van der Waals surface area contributed by atoms with Crippen molar-refractivity contribution < 1.29 is 12.8 Å². The highest BCUT2D eigenvalue weighted by atomic mass is 32.2. The van der Waals surface area contributed by atoms with Crippen LogP contribution in [0.3, 0.4) is 0 Å². The molecule has 0 atom stereocenters. The van der Waals surface area contributed by atoms with E-state index in [0.29, 0.717) is 24.6 Å². The lowest BCUT2D eigenvalue weighted by atomic mass is 10.1. The number of aromatic amines is 1. The molecule has 2 aromatic heterocycles. The van der Waals surface area contributed by atoms with E-state index in [1.54, 1.807) is 0 Å². The molecular weight excluding hydrogens is 340 g/mol. The number of aromatic nitrogens is 3. The van der Waals surface area contributed by atoms with E-state index in [-0.39, 0.29) is 10.8 Å². The minimum absolute atomic E-state index is 0.151. The van der Waals surface area contributed by atoms with E-state index in [9.17, 15) is 8.42 Å². The fraction of sp³-hybridized carbons (Fsp3) is 0.294. The van der Waals surface area contributed by atoms with Gasteiger partial charge in [-0.1, -0.05) is 37.3 Å². The molecule has 8 heteroatoms. The van der Waals surface area contributed by atoms with Crippen LogP contribution >= 0.6 is 0 Å². The van der Waals surface area contributed by atoms with Crippen molar-refractivity contribution in [1.29, 1.82) is 0 Å². The number of rotatable bonds is 8. The first-order chi connectivity index (χ1) is 12.1. The highest BCUT2D eigenvalue weighted by molar-refractivity contribution is 7.89. The van der Waals surface area contributed by atoms with Gasteiger partial charge in [0.25, 0.3) is 5.89 Å². The molecule has 0 saturated heterocycles. The number of nitrogens with zero attached hydrogens (tertiary/aromatic N) is 2. The van der Waals surface area contributed by atoms with Crippen molar-refractivity contribution in [3.05, 3.63) is 54.0 Å². The van der Waals surface area contributed by atoms with Crippen molar-refractivity contribution in [2.45, 2.75) is 31.1 Å². The van der Waals surface area contributed by atoms with E-state index in [1.807, 2.05) is 37.3 Å². The zero-order chi connectivity index (χ0) is 17.7. The van der Waals surface area contributed by atoms with Gasteiger partial charge < -0.3 is 9.40 Å². The Morgan fingerprint density at radius 1 is 1.20 bits per heavy atom. The van der Waals surface area contributed by atoms with Gasteiger partial charge in [0, 0.05) is 19.2 Å². The van der Waals surface area contributed by atoms with Gasteiger partial charge in [0.05, 0.1) is 0 Å².